The quantitative estimate of drug-likeness (QED) is 0.770. The third kappa shape index (κ3) is 3.61. The van der Waals surface area contributed by atoms with Crippen LogP contribution < -0.4 is 20.7 Å². The van der Waals surface area contributed by atoms with E-state index in [1.807, 2.05) is 0 Å². The highest BCUT2D eigenvalue weighted by Crippen LogP contribution is 2.32. The molecule has 0 radical (unpaired) electrons. The summed E-state index contributed by atoms with van der Waals surface area (Å²) in [5.74, 6) is -0.173. The summed E-state index contributed by atoms with van der Waals surface area (Å²) in [5, 5.41) is 8.88. The summed E-state index contributed by atoms with van der Waals surface area (Å²) in [6.07, 6.45) is 1.95. The van der Waals surface area contributed by atoms with Crippen LogP contribution in [0.1, 0.15) is 24.4 Å². The van der Waals surface area contributed by atoms with E-state index in [4.69, 9.17) is 4.74 Å². The summed E-state index contributed by atoms with van der Waals surface area (Å²) >= 11 is 0. The fourth-order valence-corrected chi connectivity index (χ4v) is 2.81. The molecule has 0 bridgehead atoms. The smallest absolute Gasteiger partial charge is 0.262 e. The Labute approximate surface area is 149 Å². The standard InChI is InChI=1S/C19H18FN3O3/c20-12-3-1-11(2-4-12)18(19(25)22-13-5-6-13)21-14-7-8-16-15(9-14)23-17(24)10-26-16/h1-4,7-9,13,18,21H,5-6,10H2,(H,22,25)(H,23,24). The van der Waals surface area contributed by atoms with Gasteiger partial charge in [0.1, 0.15) is 17.6 Å². The van der Waals surface area contributed by atoms with E-state index in [9.17, 15) is 14.0 Å². The maximum absolute atomic E-state index is 13.2. The average molecular weight is 355 g/mol. The molecule has 4 rings (SSSR count). The molecule has 1 saturated carbocycles. The van der Waals surface area contributed by atoms with Crippen LogP contribution in [0.2, 0.25) is 0 Å². The van der Waals surface area contributed by atoms with Crippen LogP contribution in [-0.4, -0.2) is 24.5 Å². The van der Waals surface area contributed by atoms with E-state index in [0.717, 1.165) is 12.8 Å². The first kappa shape index (κ1) is 16.4. The van der Waals surface area contributed by atoms with Crippen molar-refractivity contribution in [1.82, 2.24) is 5.32 Å². The highest BCUT2D eigenvalue weighted by molar-refractivity contribution is 5.96. The monoisotopic (exact) mass is 355 g/mol. The summed E-state index contributed by atoms with van der Waals surface area (Å²) in [6.45, 7) is -0.0121. The molecule has 2 aromatic carbocycles. The van der Waals surface area contributed by atoms with Gasteiger partial charge in [0, 0.05) is 11.7 Å². The van der Waals surface area contributed by atoms with Crippen LogP contribution in [-0.2, 0) is 9.59 Å². The van der Waals surface area contributed by atoms with E-state index in [-0.39, 0.29) is 30.3 Å². The Balaban J connectivity index is 1.59. The summed E-state index contributed by atoms with van der Waals surface area (Å²) in [6, 6.07) is 10.6. The lowest BCUT2D eigenvalue weighted by atomic mass is 10.1. The molecule has 1 fully saturated rings. The molecule has 1 unspecified atom stereocenters. The summed E-state index contributed by atoms with van der Waals surface area (Å²) in [5.41, 5.74) is 1.85. The van der Waals surface area contributed by atoms with Gasteiger partial charge in [0.25, 0.3) is 5.91 Å². The average Bonchev–Trinajstić information content (AvgIpc) is 3.44. The molecule has 26 heavy (non-hydrogen) atoms. The van der Waals surface area contributed by atoms with Crippen molar-refractivity contribution in [3.05, 3.63) is 53.8 Å². The first-order chi connectivity index (χ1) is 12.6. The maximum atomic E-state index is 13.2. The van der Waals surface area contributed by atoms with Gasteiger partial charge in [0.15, 0.2) is 6.61 Å². The highest BCUT2D eigenvalue weighted by Gasteiger charge is 2.28. The van der Waals surface area contributed by atoms with E-state index >= 15 is 0 Å². The number of amides is 2. The molecule has 1 aliphatic carbocycles. The number of anilines is 2. The fraction of sp³-hybridized carbons (Fsp3) is 0.263. The molecule has 7 heteroatoms. The number of carbonyl (C=O) groups excluding carboxylic acids is 2. The zero-order valence-electron chi connectivity index (χ0n) is 13.9. The number of benzene rings is 2. The van der Waals surface area contributed by atoms with E-state index in [0.29, 0.717) is 22.7 Å². The third-order valence-corrected chi connectivity index (χ3v) is 4.31. The Morgan fingerprint density at radius 1 is 1.19 bits per heavy atom. The summed E-state index contributed by atoms with van der Waals surface area (Å²) in [4.78, 5) is 24.2. The van der Waals surface area contributed by atoms with Crippen LogP contribution in [0, 0.1) is 5.82 Å². The van der Waals surface area contributed by atoms with Gasteiger partial charge in [-0.3, -0.25) is 9.59 Å². The van der Waals surface area contributed by atoms with Crippen LogP contribution in [0.5, 0.6) is 5.75 Å². The molecule has 3 N–H and O–H groups in total. The molecule has 134 valence electrons. The van der Waals surface area contributed by atoms with Crippen molar-refractivity contribution in [2.75, 3.05) is 17.2 Å². The number of rotatable bonds is 5. The first-order valence-corrected chi connectivity index (χ1v) is 8.47. The van der Waals surface area contributed by atoms with Gasteiger partial charge < -0.3 is 20.7 Å². The van der Waals surface area contributed by atoms with Crippen molar-refractivity contribution in [2.24, 2.45) is 0 Å². The fourth-order valence-electron chi connectivity index (χ4n) is 2.81. The molecule has 2 aromatic rings. The van der Waals surface area contributed by atoms with Crippen molar-refractivity contribution in [1.29, 1.82) is 0 Å². The predicted molar refractivity (Wildman–Crippen MR) is 94.5 cm³/mol. The highest BCUT2D eigenvalue weighted by atomic mass is 19.1. The Bertz CT molecular complexity index is 850. The van der Waals surface area contributed by atoms with E-state index in [1.54, 1.807) is 30.3 Å². The molecule has 6 nitrogen and oxygen atoms in total. The molecule has 1 atom stereocenters. The number of ether oxygens (including phenoxy) is 1. The molecule has 2 amide bonds. The van der Waals surface area contributed by atoms with Crippen LogP contribution in [0.3, 0.4) is 0 Å². The lowest BCUT2D eigenvalue weighted by Crippen LogP contribution is -2.35. The molecule has 0 saturated heterocycles. The SMILES string of the molecule is O=C1COc2ccc(NC(C(=O)NC3CC3)c3ccc(F)cc3)cc2N1. The minimum Gasteiger partial charge on any atom is -0.482 e. The Hall–Kier alpha value is -3.09. The molecular weight excluding hydrogens is 337 g/mol. The summed E-state index contributed by atoms with van der Waals surface area (Å²) in [7, 11) is 0. The summed E-state index contributed by atoms with van der Waals surface area (Å²) < 4.78 is 18.6. The minimum atomic E-state index is -0.672. The third-order valence-electron chi connectivity index (χ3n) is 4.31. The van der Waals surface area contributed by atoms with Crippen molar-refractivity contribution < 1.29 is 18.7 Å². The number of hydrogen-bond acceptors (Lipinski definition) is 4. The van der Waals surface area contributed by atoms with E-state index in [1.165, 1.54) is 12.1 Å². The lowest BCUT2D eigenvalue weighted by Gasteiger charge is -2.22. The van der Waals surface area contributed by atoms with Gasteiger partial charge >= 0.3 is 0 Å². The largest absolute Gasteiger partial charge is 0.482 e. The normalized spacial score (nSPS) is 16.7. The molecule has 2 aliphatic rings. The zero-order chi connectivity index (χ0) is 18.1. The van der Waals surface area contributed by atoms with Gasteiger partial charge in [-0.05, 0) is 48.7 Å². The molecule has 0 aromatic heterocycles. The molecule has 0 spiro atoms. The lowest BCUT2D eigenvalue weighted by molar-refractivity contribution is -0.122. The zero-order valence-corrected chi connectivity index (χ0v) is 13.9. The second kappa shape index (κ2) is 6.67. The number of halogens is 1. The van der Waals surface area contributed by atoms with Crippen LogP contribution >= 0.6 is 0 Å². The van der Waals surface area contributed by atoms with Crippen molar-refractivity contribution in [2.45, 2.75) is 24.9 Å². The topological polar surface area (TPSA) is 79.5 Å². The maximum Gasteiger partial charge on any atom is 0.262 e. The Kier molecular flexibility index (Phi) is 4.20. The number of hydrogen-bond donors (Lipinski definition) is 3. The van der Waals surface area contributed by atoms with Crippen molar-refractivity contribution >= 4 is 23.2 Å². The van der Waals surface area contributed by atoms with Gasteiger partial charge in [-0.15, -0.1) is 0 Å². The minimum absolute atomic E-state index is 0.0121. The van der Waals surface area contributed by atoms with Gasteiger partial charge in [-0.2, -0.15) is 0 Å². The first-order valence-electron chi connectivity index (χ1n) is 8.47. The van der Waals surface area contributed by atoms with Crippen molar-refractivity contribution in [3.8, 4) is 5.75 Å². The van der Waals surface area contributed by atoms with Gasteiger partial charge in [-0.1, -0.05) is 12.1 Å². The van der Waals surface area contributed by atoms with Gasteiger partial charge in [-0.25, -0.2) is 4.39 Å². The second-order valence-corrected chi connectivity index (χ2v) is 6.46. The van der Waals surface area contributed by atoms with Crippen LogP contribution in [0.4, 0.5) is 15.8 Å². The molecule has 1 heterocycles. The molecular formula is C19H18FN3O3. The second-order valence-electron chi connectivity index (χ2n) is 6.46. The Morgan fingerprint density at radius 2 is 1.96 bits per heavy atom. The van der Waals surface area contributed by atoms with Gasteiger partial charge in [0.2, 0.25) is 5.91 Å². The predicted octanol–water partition coefficient (Wildman–Crippen LogP) is 2.59. The number of nitrogens with one attached hydrogen (secondary N) is 3. The number of carbonyl (C=O) groups is 2. The van der Waals surface area contributed by atoms with Gasteiger partial charge in [0.05, 0.1) is 5.69 Å². The van der Waals surface area contributed by atoms with E-state index < -0.39 is 6.04 Å². The molecule has 1 aliphatic heterocycles. The van der Waals surface area contributed by atoms with Crippen LogP contribution in [0.15, 0.2) is 42.5 Å². The van der Waals surface area contributed by atoms with Crippen LogP contribution in [0.25, 0.3) is 0 Å². The number of fused-ring (bicyclic) bond motifs is 1. The Morgan fingerprint density at radius 3 is 2.69 bits per heavy atom. The van der Waals surface area contributed by atoms with E-state index in [2.05, 4.69) is 16.0 Å². The van der Waals surface area contributed by atoms with Crippen molar-refractivity contribution in [3.63, 3.8) is 0 Å².